The third-order valence-electron chi connectivity index (χ3n) is 1.47. The first-order chi connectivity index (χ1) is 7.89. The van der Waals surface area contributed by atoms with Gasteiger partial charge in [-0.3, -0.25) is 0 Å². The van der Waals surface area contributed by atoms with Crippen molar-refractivity contribution in [2.24, 2.45) is 0 Å². The van der Waals surface area contributed by atoms with Gasteiger partial charge in [0.1, 0.15) is 0 Å². The van der Waals surface area contributed by atoms with Crippen LogP contribution in [0.15, 0.2) is 22.6 Å². The minimum absolute atomic E-state index is 0.0190. The Morgan fingerprint density at radius 2 is 2.00 bits per heavy atom. The van der Waals surface area contributed by atoms with Crippen molar-refractivity contribution >= 4 is 15.9 Å². The molecule has 0 saturated heterocycles. The van der Waals surface area contributed by atoms with Crippen molar-refractivity contribution in [3.05, 3.63) is 33.7 Å². The molecule has 0 bridgehead atoms. The number of halogens is 1. The minimum atomic E-state index is -2.52. The molecule has 1 rings (SSSR count). The van der Waals surface area contributed by atoms with Gasteiger partial charge < -0.3 is 0 Å². The van der Waals surface area contributed by atoms with Crippen LogP contribution in [0.1, 0.15) is 40.1 Å². The minimum Gasteiger partial charge on any atom is -0.0561 e. The number of benzene rings is 1. The van der Waals surface area contributed by atoms with E-state index in [0.29, 0.717) is 5.56 Å². The van der Waals surface area contributed by atoms with Crippen molar-refractivity contribution < 1.29 is 8.22 Å². The molecule has 0 unspecified atom stereocenters. The molecule has 1 aromatic carbocycles. The van der Waals surface area contributed by atoms with Gasteiger partial charge in [0.25, 0.3) is 0 Å². The third-order valence-corrected chi connectivity index (χ3v) is 1.87. The summed E-state index contributed by atoms with van der Waals surface area (Å²) >= 11 is 3.09. The molecule has 0 aromatic heterocycles. The van der Waals surface area contributed by atoms with Crippen LogP contribution in [0, 0.1) is 6.85 Å². The summed E-state index contributed by atoms with van der Waals surface area (Å²) in [6, 6.07) is -0.496. The number of hydrogen-bond donors (Lipinski definition) is 0. The van der Waals surface area contributed by atoms with Gasteiger partial charge in [-0.15, -0.1) is 0 Å². The maximum absolute atomic E-state index is 8.02. The van der Waals surface area contributed by atoms with Crippen LogP contribution in [0.4, 0.5) is 0 Å². The standard InChI is InChI=1S/C11H15Br/c1-8-5-9(11(2,3)4)7-10(12)6-8/h5-7H,1-4H3/i1D3,5D,6D,7D. The molecule has 0 aliphatic rings. The summed E-state index contributed by atoms with van der Waals surface area (Å²) in [7, 11) is 0. The molecule has 0 aliphatic carbocycles. The van der Waals surface area contributed by atoms with Gasteiger partial charge in [-0.1, -0.05) is 42.7 Å². The zero-order valence-electron chi connectivity index (χ0n) is 13.4. The maximum Gasteiger partial charge on any atom is 0.0638 e. The van der Waals surface area contributed by atoms with E-state index in [2.05, 4.69) is 15.9 Å². The van der Waals surface area contributed by atoms with E-state index in [-0.39, 0.29) is 28.2 Å². The van der Waals surface area contributed by atoms with E-state index in [1.54, 1.807) is 0 Å². The fourth-order valence-corrected chi connectivity index (χ4v) is 1.21. The molecular weight excluding hydrogens is 212 g/mol. The lowest BCUT2D eigenvalue weighted by atomic mass is 9.86. The van der Waals surface area contributed by atoms with Crippen molar-refractivity contribution in [1.82, 2.24) is 0 Å². The Bertz CT molecular complexity index is 443. The molecule has 0 fully saturated rings. The summed E-state index contributed by atoms with van der Waals surface area (Å²) in [5.41, 5.74) is -0.475. The molecule has 1 heteroatoms. The summed E-state index contributed by atoms with van der Waals surface area (Å²) in [6.45, 7) is 2.93. The van der Waals surface area contributed by atoms with Gasteiger partial charge in [0.2, 0.25) is 0 Å². The van der Waals surface area contributed by atoms with Crippen LogP contribution < -0.4 is 0 Å². The molecule has 1 aromatic rings. The molecule has 0 heterocycles. The smallest absolute Gasteiger partial charge is 0.0561 e. The fourth-order valence-electron chi connectivity index (χ4n) is 0.813. The lowest BCUT2D eigenvalue weighted by molar-refractivity contribution is 0.589. The highest BCUT2D eigenvalue weighted by molar-refractivity contribution is 9.10. The lowest BCUT2D eigenvalue weighted by Gasteiger charge is -2.19. The Hall–Kier alpha value is -0.300. The first kappa shape index (κ1) is 4.28. The highest BCUT2D eigenvalue weighted by Crippen LogP contribution is 2.26. The SMILES string of the molecule is [2H]c1c(Br)c([2H])c(C(C)(C)C)c([2H])c1C([2H])([2H])[2H]. The van der Waals surface area contributed by atoms with Crippen molar-refractivity contribution in [1.29, 1.82) is 0 Å². The second-order valence-electron chi connectivity index (χ2n) is 3.69. The molecule has 0 saturated carbocycles. The summed E-state index contributed by atoms with van der Waals surface area (Å²) in [5.74, 6) is 0. The van der Waals surface area contributed by atoms with Gasteiger partial charge in [0.15, 0.2) is 0 Å². The van der Waals surface area contributed by atoms with E-state index in [1.165, 1.54) is 0 Å². The van der Waals surface area contributed by atoms with Gasteiger partial charge in [0, 0.05) is 8.58 Å². The van der Waals surface area contributed by atoms with Crippen LogP contribution in [0.25, 0.3) is 0 Å². The van der Waals surface area contributed by atoms with Crippen LogP contribution in [-0.2, 0) is 5.41 Å². The second-order valence-corrected chi connectivity index (χ2v) is 4.48. The quantitative estimate of drug-likeness (QED) is 0.634. The molecule has 0 nitrogen and oxygen atoms in total. The number of hydrogen-bond acceptors (Lipinski definition) is 0. The summed E-state index contributed by atoms with van der Waals surface area (Å²) in [5, 5.41) is 0. The van der Waals surface area contributed by atoms with Crippen LogP contribution >= 0.6 is 15.9 Å². The normalized spacial score (nSPS) is 20.0. The predicted molar refractivity (Wildman–Crippen MR) is 57.6 cm³/mol. The van der Waals surface area contributed by atoms with E-state index in [4.69, 9.17) is 8.22 Å². The average molecular weight is 233 g/mol. The largest absolute Gasteiger partial charge is 0.0638 e. The molecule has 0 aliphatic heterocycles. The van der Waals surface area contributed by atoms with Crippen LogP contribution in [0.2, 0.25) is 0 Å². The predicted octanol–water partition coefficient (Wildman–Crippen LogP) is 4.06. The summed E-state index contributed by atoms with van der Waals surface area (Å²) in [6.07, 6.45) is 0. The van der Waals surface area contributed by atoms with Gasteiger partial charge in [-0.05, 0) is 35.5 Å². The maximum atomic E-state index is 8.02. The van der Waals surface area contributed by atoms with Gasteiger partial charge in [0.05, 0.1) is 4.11 Å². The van der Waals surface area contributed by atoms with Crippen molar-refractivity contribution in [2.45, 2.75) is 33.0 Å². The zero-order chi connectivity index (χ0) is 14.5. The van der Waals surface area contributed by atoms with Crippen LogP contribution in [0.3, 0.4) is 0 Å². The van der Waals surface area contributed by atoms with E-state index in [1.807, 2.05) is 20.8 Å². The van der Waals surface area contributed by atoms with Crippen LogP contribution in [-0.4, -0.2) is 0 Å². The molecule has 0 atom stereocenters. The Balaban J connectivity index is 3.83. The molecule has 66 valence electrons. The molecule has 0 spiro atoms. The molecule has 0 N–H and O–H groups in total. The molecule has 12 heavy (non-hydrogen) atoms. The van der Waals surface area contributed by atoms with Gasteiger partial charge in [-0.25, -0.2) is 0 Å². The Labute approximate surface area is 91.6 Å². The second kappa shape index (κ2) is 3.21. The van der Waals surface area contributed by atoms with Crippen LogP contribution in [0.5, 0.6) is 0 Å². The third kappa shape index (κ3) is 2.34. The Morgan fingerprint density at radius 1 is 1.33 bits per heavy atom. The highest BCUT2D eigenvalue weighted by Gasteiger charge is 2.13. The van der Waals surface area contributed by atoms with Gasteiger partial charge >= 0.3 is 0 Å². The molecule has 0 amide bonds. The molecular formula is C11H15Br. The Morgan fingerprint density at radius 3 is 2.50 bits per heavy atom. The fraction of sp³-hybridized carbons (Fsp3) is 0.455. The average Bonchev–Trinajstić information content (AvgIpc) is 2.09. The summed E-state index contributed by atoms with van der Waals surface area (Å²) < 4.78 is 46.2. The topological polar surface area (TPSA) is 0 Å². The highest BCUT2D eigenvalue weighted by atomic mass is 79.9. The van der Waals surface area contributed by atoms with E-state index in [0.717, 1.165) is 0 Å². The van der Waals surface area contributed by atoms with E-state index in [9.17, 15) is 0 Å². The Kier molecular flexibility index (Phi) is 1.15. The first-order valence-electron chi connectivity index (χ1n) is 6.69. The van der Waals surface area contributed by atoms with Crippen molar-refractivity contribution in [2.75, 3.05) is 0 Å². The van der Waals surface area contributed by atoms with Crippen molar-refractivity contribution in [3.63, 3.8) is 0 Å². The van der Waals surface area contributed by atoms with Gasteiger partial charge in [-0.2, -0.15) is 0 Å². The number of rotatable bonds is 0. The van der Waals surface area contributed by atoms with Crippen molar-refractivity contribution in [3.8, 4) is 0 Å². The molecule has 0 radical (unpaired) electrons. The lowest BCUT2D eigenvalue weighted by Crippen LogP contribution is -2.11. The zero-order valence-corrected chi connectivity index (χ0v) is 8.96. The monoisotopic (exact) mass is 232 g/mol. The van der Waals surface area contributed by atoms with E-state index < -0.39 is 12.3 Å². The van der Waals surface area contributed by atoms with E-state index >= 15 is 0 Å². The summed E-state index contributed by atoms with van der Waals surface area (Å²) in [4.78, 5) is 0. The first-order valence-corrected chi connectivity index (χ1v) is 4.48.